The fraction of sp³-hybridized carbons (Fsp3) is 0.571. The zero-order valence-corrected chi connectivity index (χ0v) is 10.2. The van der Waals surface area contributed by atoms with Crippen LogP contribution in [0.25, 0.3) is 0 Å². The van der Waals surface area contributed by atoms with E-state index in [0.29, 0.717) is 5.56 Å². The van der Waals surface area contributed by atoms with Crippen molar-refractivity contribution in [1.82, 2.24) is 0 Å². The van der Waals surface area contributed by atoms with Crippen molar-refractivity contribution in [2.24, 2.45) is 0 Å². The second-order valence-electron chi connectivity index (χ2n) is 4.69. The highest BCUT2D eigenvalue weighted by Gasteiger charge is 2.13. The maximum atomic E-state index is 13.1. The molecule has 0 spiro atoms. The fourth-order valence-corrected chi connectivity index (χ4v) is 2.48. The van der Waals surface area contributed by atoms with Crippen molar-refractivity contribution >= 4 is 5.69 Å². The summed E-state index contributed by atoms with van der Waals surface area (Å²) >= 11 is 0. The average molecular weight is 237 g/mol. The summed E-state index contributed by atoms with van der Waals surface area (Å²) in [5.74, 6) is -0.273. The molecule has 3 heteroatoms. The maximum absolute atomic E-state index is 13.1. The zero-order valence-electron chi connectivity index (χ0n) is 10.2. The van der Waals surface area contributed by atoms with Gasteiger partial charge < -0.3 is 10.0 Å². The van der Waals surface area contributed by atoms with Gasteiger partial charge in [-0.25, -0.2) is 4.39 Å². The number of halogens is 1. The molecular formula is C14H20FNO. The van der Waals surface area contributed by atoms with E-state index in [1.807, 2.05) is 0 Å². The van der Waals surface area contributed by atoms with Crippen LogP contribution in [0.1, 0.15) is 37.7 Å². The van der Waals surface area contributed by atoms with Gasteiger partial charge in [-0.15, -0.1) is 0 Å². The van der Waals surface area contributed by atoms with Crippen molar-refractivity contribution in [1.29, 1.82) is 0 Å². The van der Waals surface area contributed by atoms with Gasteiger partial charge in [0.05, 0.1) is 6.61 Å². The Bertz CT molecular complexity index is 359. The molecule has 94 valence electrons. The monoisotopic (exact) mass is 237 g/mol. The Kier molecular flexibility index (Phi) is 4.37. The molecule has 1 aliphatic heterocycles. The van der Waals surface area contributed by atoms with Crippen LogP contribution >= 0.6 is 0 Å². The lowest BCUT2D eigenvalue weighted by Crippen LogP contribution is -2.28. The first-order valence-corrected chi connectivity index (χ1v) is 6.45. The number of anilines is 1. The summed E-state index contributed by atoms with van der Waals surface area (Å²) in [4.78, 5) is 2.28. The number of aliphatic hydroxyl groups excluding tert-OH is 1. The van der Waals surface area contributed by atoms with Gasteiger partial charge in [0.1, 0.15) is 5.82 Å². The van der Waals surface area contributed by atoms with Crippen molar-refractivity contribution < 1.29 is 9.50 Å². The molecule has 0 radical (unpaired) electrons. The quantitative estimate of drug-likeness (QED) is 0.854. The van der Waals surface area contributed by atoms with Crippen molar-refractivity contribution in [3.63, 3.8) is 0 Å². The molecule has 2 nitrogen and oxygen atoms in total. The molecule has 0 bridgehead atoms. The summed E-state index contributed by atoms with van der Waals surface area (Å²) in [6.07, 6.45) is 6.23. The first kappa shape index (κ1) is 12.4. The molecule has 0 aromatic heterocycles. The van der Waals surface area contributed by atoms with Gasteiger partial charge in [-0.2, -0.15) is 0 Å². The minimum Gasteiger partial charge on any atom is -0.392 e. The number of aliphatic hydroxyl groups is 1. The molecule has 1 aromatic rings. The molecule has 1 N–H and O–H groups in total. The Labute approximate surface area is 102 Å². The topological polar surface area (TPSA) is 23.5 Å². The fourth-order valence-electron chi connectivity index (χ4n) is 2.48. The number of hydrogen-bond donors (Lipinski definition) is 1. The molecule has 1 saturated heterocycles. The van der Waals surface area contributed by atoms with Crippen LogP contribution in [0.2, 0.25) is 0 Å². The lowest BCUT2D eigenvalue weighted by atomic mass is 10.1. The van der Waals surface area contributed by atoms with E-state index in [1.54, 1.807) is 6.07 Å². The molecule has 1 heterocycles. The maximum Gasteiger partial charge on any atom is 0.123 e. The molecule has 0 unspecified atom stereocenters. The summed E-state index contributed by atoms with van der Waals surface area (Å²) in [5.41, 5.74) is 1.70. The summed E-state index contributed by atoms with van der Waals surface area (Å²) in [6.45, 7) is 1.93. The molecule has 1 aliphatic rings. The summed E-state index contributed by atoms with van der Waals surface area (Å²) in [7, 11) is 0. The third kappa shape index (κ3) is 3.19. The zero-order chi connectivity index (χ0) is 12.1. The van der Waals surface area contributed by atoms with Crippen molar-refractivity contribution in [2.45, 2.75) is 38.7 Å². The molecule has 0 aliphatic carbocycles. The molecule has 0 saturated carbocycles. The van der Waals surface area contributed by atoms with E-state index in [4.69, 9.17) is 0 Å². The lowest BCUT2D eigenvalue weighted by molar-refractivity contribution is 0.281. The highest BCUT2D eigenvalue weighted by Crippen LogP contribution is 2.24. The van der Waals surface area contributed by atoms with Gasteiger partial charge >= 0.3 is 0 Å². The third-order valence-corrected chi connectivity index (χ3v) is 3.41. The Morgan fingerprint density at radius 2 is 1.71 bits per heavy atom. The van der Waals surface area contributed by atoms with Crippen LogP contribution < -0.4 is 4.90 Å². The lowest BCUT2D eigenvalue weighted by Gasteiger charge is -2.28. The van der Waals surface area contributed by atoms with Gasteiger partial charge in [0, 0.05) is 24.3 Å². The SMILES string of the molecule is OCc1cc(F)ccc1N1CCCCCCC1. The summed E-state index contributed by atoms with van der Waals surface area (Å²) < 4.78 is 13.1. The summed E-state index contributed by atoms with van der Waals surface area (Å²) in [5, 5.41) is 9.31. The predicted octanol–water partition coefficient (Wildman–Crippen LogP) is 3.09. The van der Waals surface area contributed by atoms with Crippen LogP contribution in [0.5, 0.6) is 0 Å². The number of rotatable bonds is 2. The van der Waals surface area contributed by atoms with E-state index in [2.05, 4.69) is 4.90 Å². The third-order valence-electron chi connectivity index (χ3n) is 3.41. The number of hydrogen-bond acceptors (Lipinski definition) is 2. The van der Waals surface area contributed by atoms with Crippen molar-refractivity contribution in [2.75, 3.05) is 18.0 Å². The van der Waals surface area contributed by atoms with Crippen LogP contribution in [0, 0.1) is 5.82 Å². The first-order valence-electron chi connectivity index (χ1n) is 6.45. The summed E-state index contributed by atoms with van der Waals surface area (Å²) in [6, 6.07) is 4.71. The second kappa shape index (κ2) is 6.01. The Balaban J connectivity index is 2.18. The normalized spacial score (nSPS) is 17.6. The van der Waals surface area contributed by atoms with Crippen LogP contribution in [0.3, 0.4) is 0 Å². The predicted molar refractivity (Wildman–Crippen MR) is 67.6 cm³/mol. The van der Waals surface area contributed by atoms with E-state index >= 15 is 0 Å². The highest BCUT2D eigenvalue weighted by atomic mass is 19.1. The number of nitrogens with zero attached hydrogens (tertiary/aromatic N) is 1. The van der Waals surface area contributed by atoms with Crippen LogP contribution in [-0.2, 0) is 6.61 Å². The molecule has 0 atom stereocenters. The second-order valence-corrected chi connectivity index (χ2v) is 4.69. The van der Waals surface area contributed by atoms with Crippen molar-refractivity contribution in [3.05, 3.63) is 29.6 Å². The minimum absolute atomic E-state index is 0.0937. The Morgan fingerprint density at radius 3 is 2.35 bits per heavy atom. The minimum atomic E-state index is -0.273. The number of benzene rings is 1. The van der Waals surface area contributed by atoms with E-state index < -0.39 is 0 Å². The van der Waals surface area contributed by atoms with Crippen LogP contribution in [0.15, 0.2) is 18.2 Å². The van der Waals surface area contributed by atoms with E-state index in [1.165, 1.54) is 44.2 Å². The molecule has 2 rings (SSSR count). The van der Waals surface area contributed by atoms with Gasteiger partial charge in [0.2, 0.25) is 0 Å². The standard InChI is InChI=1S/C14H20FNO/c15-13-6-7-14(12(10-13)11-17)16-8-4-2-1-3-5-9-16/h6-7,10,17H,1-5,8-9,11H2. The van der Waals surface area contributed by atoms with Gasteiger partial charge in [0.25, 0.3) is 0 Å². The molecule has 0 amide bonds. The smallest absolute Gasteiger partial charge is 0.123 e. The van der Waals surface area contributed by atoms with Crippen molar-refractivity contribution in [3.8, 4) is 0 Å². The average Bonchev–Trinajstić information content (AvgIpc) is 2.29. The van der Waals surface area contributed by atoms with Gasteiger partial charge in [-0.3, -0.25) is 0 Å². The molecule has 1 fully saturated rings. The molecule has 1 aromatic carbocycles. The van der Waals surface area contributed by atoms with Gasteiger partial charge in [-0.05, 0) is 31.0 Å². The largest absolute Gasteiger partial charge is 0.392 e. The van der Waals surface area contributed by atoms with Gasteiger partial charge in [-0.1, -0.05) is 19.3 Å². The van der Waals surface area contributed by atoms with Crippen LogP contribution in [-0.4, -0.2) is 18.2 Å². The molecular weight excluding hydrogens is 217 g/mol. The Hall–Kier alpha value is -1.09. The Morgan fingerprint density at radius 1 is 1.06 bits per heavy atom. The highest BCUT2D eigenvalue weighted by molar-refractivity contribution is 5.53. The molecule has 17 heavy (non-hydrogen) atoms. The van der Waals surface area contributed by atoms with E-state index in [0.717, 1.165) is 18.8 Å². The van der Waals surface area contributed by atoms with Crippen LogP contribution in [0.4, 0.5) is 10.1 Å². The van der Waals surface area contributed by atoms with E-state index in [9.17, 15) is 9.50 Å². The van der Waals surface area contributed by atoms with Gasteiger partial charge in [0.15, 0.2) is 0 Å². The van der Waals surface area contributed by atoms with E-state index in [-0.39, 0.29) is 12.4 Å². The first-order chi connectivity index (χ1) is 8.31.